The van der Waals surface area contributed by atoms with Crippen LogP contribution in [0.2, 0.25) is 0 Å². The summed E-state index contributed by atoms with van der Waals surface area (Å²) in [6, 6.07) is 3.78. The van der Waals surface area contributed by atoms with Crippen LogP contribution < -0.4 is 15.2 Å². The van der Waals surface area contributed by atoms with Gasteiger partial charge < -0.3 is 19.9 Å². The summed E-state index contributed by atoms with van der Waals surface area (Å²) in [6.45, 7) is 0.393. The Kier molecular flexibility index (Phi) is 4.14. The largest absolute Gasteiger partial charge is 0.493 e. The Morgan fingerprint density at radius 2 is 1.90 bits per heavy atom. The van der Waals surface area contributed by atoms with Crippen LogP contribution in [0.4, 0.5) is 5.82 Å². The van der Waals surface area contributed by atoms with Crippen LogP contribution in [-0.4, -0.2) is 31.1 Å². The summed E-state index contributed by atoms with van der Waals surface area (Å²) in [5.74, 6) is 1.90. The Bertz CT molecular complexity index is 608. The normalized spacial score (nSPS) is 10.6. The maximum Gasteiger partial charge on any atom is 0.166 e. The molecule has 0 saturated carbocycles. The fourth-order valence-electron chi connectivity index (χ4n) is 2.19. The van der Waals surface area contributed by atoms with E-state index in [4.69, 9.17) is 19.9 Å². The predicted octanol–water partition coefficient (Wildman–Crippen LogP) is 1.83. The van der Waals surface area contributed by atoms with Crippen LogP contribution in [0.15, 0.2) is 18.3 Å². The number of hydrogen-bond donors (Lipinski definition) is 1. The molecular formula is C14H19N3O3. The van der Waals surface area contributed by atoms with Crippen molar-refractivity contribution in [3.8, 4) is 22.6 Å². The van der Waals surface area contributed by atoms with Crippen molar-refractivity contribution in [3.63, 3.8) is 0 Å². The number of aromatic nitrogens is 2. The Labute approximate surface area is 118 Å². The monoisotopic (exact) mass is 277 g/mol. The van der Waals surface area contributed by atoms with Crippen LogP contribution in [0.25, 0.3) is 11.1 Å². The second-order valence-corrected chi connectivity index (χ2v) is 4.33. The first kappa shape index (κ1) is 14.2. The molecule has 0 fully saturated rings. The van der Waals surface area contributed by atoms with Gasteiger partial charge in [0.15, 0.2) is 11.5 Å². The van der Waals surface area contributed by atoms with E-state index in [1.807, 2.05) is 12.1 Å². The second kappa shape index (κ2) is 5.83. The molecular weight excluding hydrogens is 258 g/mol. The number of rotatable bonds is 5. The molecule has 0 aliphatic rings. The molecule has 6 nitrogen and oxygen atoms in total. The van der Waals surface area contributed by atoms with Crippen LogP contribution in [0, 0.1) is 0 Å². The van der Waals surface area contributed by atoms with Crippen LogP contribution in [0.1, 0.15) is 5.56 Å². The minimum absolute atomic E-state index is 0.393. The van der Waals surface area contributed by atoms with E-state index in [1.54, 1.807) is 39.3 Å². The molecule has 2 rings (SSSR count). The van der Waals surface area contributed by atoms with Gasteiger partial charge in [-0.2, -0.15) is 5.10 Å². The van der Waals surface area contributed by atoms with Crippen molar-refractivity contribution in [2.75, 3.05) is 27.1 Å². The summed E-state index contributed by atoms with van der Waals surface area (Å²) < 4.78 is 17.7. The molecule has 0 radical (unpaired) electrons. The Balaban J connectivity index is 2.66. The minimum atomic E-state index is 0.393. The van der Waals surface area contributed by atoms with E-state index in [1.165, 1.54) is 0 Å². The molecule has 1 aromatic carbocycles. The summed E-state index contributed by atoms with van der Waals surface area (Å²) in [6.07, 6.45) is 1.73. The van der Waals surface area contributed by atoms with Crippen molar-refractivity contribution < 1.29 is 14.2 Å². The highest BCUT2D eigenvalue weighted by molar-refractivity contribution is 5.79. The van der Waals surface area contributed by atoms with E-state index in [2.05, 4.69) is 5.10 Å². The summed E-state index contributed by atoms with van der Waals surface area (Å²) in [5, 5.41) is 4.17. The number of ether oxygens (including phenoxy) is 3. The molecule has 108 valence electrons. The lowest BCUT2D eigenvalue weighted by molar-refractivity contribution is 0.181. The third kappa shape index (κ3) is 2.30. The van der Waals surface area contributed by atoms with Crippen molar-refractivity contribution in [1.29, 1.82) is 0 Å². The highest BCUT2D eigenvalue weighted by atomic mass is 16.5. The molecule has 0 aliphatic heterocycles. The van der Waals surface area contributed by atoms with E-state index < -0.39 is 0 Å². The van der Waals surface area contributed by atoms with Crippen LogP contribution in [-0.2, 0) is 18.4 Å². The molecule has 0 bridgehead atoms. The van der Waals surface area contributed by atoms with E-state index >= 15 is 0 Å². The minimum Gasteiger partial charge on any atom is -0.493 e. The van der Waals surface area contributed by atoms with Gasteiger partial charge in [-0.05, 0) is 17.7 Å². The number of nitrogens with zero attached hydrogens (tertiary/aromatic N) is 2. The molecule has 1 heterocycles. The maximum absolute atomic E-state index is 6.05. The lowest BCUT2D eigenvalue weighted by atomic mass is 10.0. The SMILES string of the molecule is COCc1c(-c2cnn(C)c2N)ccc(OC)c1OC. The average molecular weight is 277 g/mol. The highest BCUT2D eigenvalue weighted by Gasteiger charge is 2.18. The average Bonchev–Trinajstić information content (AvgIpc) is 2.79. The van der Waals surface area contributed by atoms with E-state index in [-0.39, 0.29) is 0 Å². The van der Waals surface area contributed by atoms with Crippen molar-refractivity contribution >= 4 is 5.82 Å². The lowest BCUT2D eigenvalue weighted by Gasteiger charge is -2.16. The second-order valence-electron chi connectivity index (χ2n) is 4.33. The van der Waals surface area contributed by atoms with Gasteiger partial charge in [-0.3, -0.25) is 4.68 Å². The fourth-order valence-corrected chi connectivity index (χ4v) is 2.19. The molecule has 6 heteroatoms. The summed E-state index contributed by atoms with van der Waals surface area (Å²) in [4.78, 5) is 0. The molecule has 0 unspecified atom stereocenters. The maximum atomic E-state index is 6.05. The number of aryl methyl sites for hydroxylation is 1. The first-order chi connectivity index (χ1) is 9.63. The van der Waals surface area contributed by atoms with Gasteiger partial charge in [-0.25, -0.2) is 0 Å². The van der Waals surface area contributed by atoms with Crippen LogP contribution in [0.3, 0.4) is 0 Å². The molecule has 2 aromatic rings. The smallest absolute Gasteiger partial charge is 0.166 e. The molecule has 2 N–H and O–H groups in total. The third-order valence-corrected chi connectivity index (χ3v) is 3.21. The lowest BCUT2D eigenvalue weighted by Crippen LogP contribution is -2.02. The standard InChI is InChI=1S/C14H19N3O3/c1-17-14(15)10(7-16-17)9-5-6-12(19-3)13(20-4)11(9)8-18-2/h5-7H,8,15H2,1-4H3. The van der Waals surface area contributed by atoms with Crippen molar-refractivity contribution in [2.45, 2.75) is 6.61 Å². The number of benzene rings is 1. The number of methoxy groups -OCH3 is 3. The van der Waals surface area contributed by atoms with Gasteiger partial charge in [0.25, 0.3) is 0 Å². The van der Waals surface area contributed by atoms with Crippen molar-refractivity contribution in [3.05, 3.63) is 23.9 Å². The zero-order valence-corrected chi connectivity index (χ0v) is 12.1. The highest BCUT2D eigenvalue weighted by Crippen LogP contribution is 2.39. The van der Waals surface area contributed by atoms with Gasteiger partial charge in [0.1, 0.15) is 5.82 Å². The predicted molar refractivity (Wildman–Crippen MR) is 76.9 cm³/mol. The topological polar surface area (TPSA) is 71.5 Å². The zero-order valence-electron chi connectivity index (χ0n) is 12.1. The van der Waals surface area contributed by atoms with Gasteiger partial charge in [0, 0.05) is 25.3 Å². The van der Waals surface area contributed by atoms with E-state index in [0.717, 1.165) is 16.7 Å². The molecule has 0 spiro atoms. The van der Waals surface area contributed by atoms with Crippen molar-refractivity contribution in [1.82, 2.24) is 9.78 Å². The number of nitrogen functional groups attached to an aromatic ring is 1. The Morgan fingerprint density at radius 3 is 2.40 bits per heavy atom. The molecule has 0 amide bonds. The first-order valence-electron chi connectivity index (χ1n) is 6.14. The van der Waals surface area contributed by atoms with Gasteiger partial charge in [-0.1, -0.05) is 0 Å². The van der Waals surface area contributed by atoms with Gasteiger partial charge in [0.05, 0.1) is 27.0 Å². The summed E-state index contributed by atoms with van der Waals surface area (Å²) in [7, 11) is 6.64. The van der Waals surface area contributed by atoms with Gasteiger partial charge in [-0.15, -0.1) is 0 Å². The quantitative estimate of drug-likeness (QED) is 0.902. The number of nitrogens with two attached hydrogens (primary N) is 1. The molecule has 0 saturated heterocycles. The van der Waals surface area contributed by atoms with Crippen LogP contribution >= 0.6 is 0 Å². The van der Waals surface area contributed by atoms with Crippen LogP contribution in [0.5, 0.6) is 11.5 Å². The van der Waals surface area contributed by atoms with Crippen molar-refractivity contribution in [2.24, 2.45) is 7.05 Å². The Morgan fingerprint density at radius 1 is 1.15 bits per heavy atom. The Hall–Kier alpha value is -2.21. The number of anilines is 1. The summed E-state index contributed by atoms with van der Waals surface area (Å²) in [5.41, 5.74) is 8.71. The number of hydrogen-bond acceptors (Lipinski definition) is 5. The molecule has 0 atom stereocenters. The fraction of sp³-hybridized carbons (Fsp3) is 0.357. The van der Waals surface area contributed by atoms with E-state index in [9.17, 15) is 0 Å². The summed E-state index contributed by atoms with van der Waals surface area (Å²) >= 11 is 0. The zero-order chi connectivity index (χ0) is 14.7. The molecule has 1 aromatic heterocycles. The van der Waals surface area contributed by atoms with E-state index in [0.29, 0.717) is 23.9 Å². The van der Waals surface area contributed by atoms with Gasteiger partial charge >= 0.3 is 0 Å². The first-order valence-corrected chi connectivity index (χ1v) is 6.14. The molecule has 0 aliphatic carbocycles. The van der Waals surface area contributed by atoms with Gasteiger partial charge in [0.2, 0.25) is 0 Å². The third-order valence-electron chi connectivity index (χ3n) is 3.21. The molecule has 20 heavy (non-hydrogen) atoms.